The van der Waals surface area contributed by atoms with Crippen molar-refractivity contribution in [1.29, 1.82) is 0 Å². The Kier molecular flexibility index (Phi) is 3.76. The number of furan rings is 1. The average molecular weight is 290 g/mol. The third-order valence-electron chi connectivity index (χ3n) is 2.22. The largest absolute Gasteiger partial charge is 0.452 e. The molecule has 3 nitrogen and oxygen atoms in total. The second-order valence-corrected chi connectivity index (χ2v) is 5.62. The van der Waals surface area contributed by atoms with Gasteiger partial charge >= 0.3 is 0 Å². The van der Waals surface area contributed by atoms with Crippen molar-refractivity contribution < 1.29 is 9.21 Å². The maximum absolute atomic E-state index is 12.0. The minimum absolute atomic E-state index is 0.117. The number of carbonyl (C=O) groups is 1. The van der Waals surface area contributed by atoms with Gasteiger partial charge in [-0.2, -0.15) is 0 Å². The zero-order chi connectivity index (χ0) is 12.4. The molecule has 0 atom stereocenters. The Bertz CT molecular complexity index is 535. The van der Waals surface area contributed by atoms with Gasteiger partial charge in [0.05, 0.1) is 22.7 Å². The molecule has 1 amide bonds. The highest BCUT2D eigenvalue weighted by Crippen LogP contribution is 2.24. The lowest BCUT2D eigenvalue weighted by molar-refractivity contribution is 0.0786. The number of amides is 1. The van der Waals surface area contributed by atoms with Gasteiger partial charge in [0.2, 0.25) is 5.22 Å². The summed E-state index contributed by atoms with van der Waals surface area (Å²) in [6, 6.07) is 5.26. The normalized spacial score (nSPS) is 10.5. The smallest absolute Gasteiger partial charge is 0.258 e. The fourth-order valence-corrected chi connectivity index (χ4v) is 2.73. The maximum atomic E-state index is 12.0. The molecule has 0 bridgehead atoms. The van der Waals surface area contributed by atoms with E-state index in [1.165, 1.54) is 17.6 Å². The molecule has 2 rings (SSSR count). The number of rotatable bonds is 3. The molecule has 0 aliphatic rings. The first kappa shape index (κ1) is 12.5. The highest BCUT2D eigenvalue weighted by Gasteiger charge is 2.17. The van der Waals surface area contributed by atoms with Crippen molar-refractivity contribution in [2.45, 2.75) is 6.54 Å². The summed E-state index contributed by atoms with van der Waals surface area (Å²) in [5.41, 5.74) is 0.372. The molecule has 0 radical (unpaired) electrons. The van der Waals surface area contributed by atoms with Gasteiger partial charge in [-0.15, -0.1) is 11.3 Å². The number of thiophene rings is 1. The van der Waals surface area contributed by atoms with Gasteiger partial charge in [-0.25, -0.2) is 0 Å². The van der Waals surface area contributed by atoms with Crippen LogP contribution in [0, 0.1) is 0 Å². The predicted molar refractivity (Wildman–Crippen MR) is 68.8 cm³/mol. The van der Waals surface area contributed by atoms with Crippen molar-refractivity contribution in [3.8, 4) is 0 Å². The highest BCUT2D eigenvalue weighted by molar-refractivity contribution is 7.16. The van der Waals surface area contributed by atoms with Crippen molar-refractivity contribution in [2.75, 3.05) is 7.05 Å². The molecular weight excluding hydrogens is 281 g/mol. The van der Waals surface area contributed by atoms with Crippen LogP contribution in [0.15, 0.2) is 28.9 Å². The number of nitrogens with zero attached hydrogens (tertiary/aromatic N) is 1. The lowest BCUT2D eigenvalue weighted by Gasteiger charge is -2.15. The number of halogens is 2. The van der Waals surface area contributed by atoms with E-state index in [-0.39, 0.29) is 11.1 Å². The van der Waals surface area contributed by atoms with Crippen LogP contribution in [0.3, 0.4) is 0 Å². The fourth-order valence-electron chi connectivity index (χ4n) is 1.39. The summed E-state index contributed by atoms with van der Waals surface area (Å²) in [6.45, 7) is 0.498. The van der Waals surface area contributed by atoms with E-state index < -0.39 is 0 Å². The molecule has 0 unspecified atom stereocenters. The lowest BCUT2D eigenvalue weighted by atomic mass is 10.3. The van der Waals surface area contributed by atoms with Crippen molar-refractivity contribution in [3.63, 3.8) is 0 Å². The first-order chi connectivity index (χ1) is 8.08. The summed E-state index contributed by atoms with van der Waals surface area (Å²) in [5, 5.41) is 0.117. The van der Waals surface area contributed by atoms with E-state index in [0.29, 0.717) is 16.4 Å². The first-order valence-corrected chi connectivity index (χ1v) is 6.38. The molecular formula is C11H9Cl2NO2S. The standard InChI is InChI=1S/C11H9Cl2NO2S/c1-14(6-7-2-3-9(12)17-7)11(15)8-4-5-16-10(8)13/h2-5H,6H2,1H3. The van der Waals surface area contributed by atoms with Crippen LogP contribution in [0.4, 0.5) is 0 Å². The van der Waals surface area contributed by atoms with Gasteiger partial charge < -0.3 is 9.32 Å². The second-order valence-electron chi connectivity index (χ2n) is 3.48. The summed E-state index contributed by atoms with van der Waals surface area (Å²) in [4.78, 5) is 14.6. The predicted octanol–water partition coefficient (Wildman–Crippen LogP) is 3.92. The van der Waals surface area contributed by atoms with Crippen LogP contribution < -0.4 is 0 Å². The van der Waals surface area contributed by atoms with Gasteiger partial charge in [0.25, 0.3) is 5.91 Å². The Balaban J connectivity index is 2.08. The molecule has 0 aliphatic heterocycles. The van der Waals surface area contributed by atoms with Crippen LogP contribution in [-0.4, -0.2) is 17.9 Å². The Morgan fingerprint density at radius 1 is 1.41 bits per heavy atom. The van der Waals surface area contributed by atoms with Crippen molar-refractivity contribution in [3.05, 3.63) is 44.5 Å². The SMILES string of the molecule is CN(Cc1ccc(Cl)s1)C(=O)c1ccoc1Cl. The quantitative estimate of drug-likeness (QED) is 0.858. The third kappa shape index (κ3) is 2.83. The summed E-state index contributed by atoms with van der Waals surface area (Å²) in [6.07, 6.45) is 1.39. The van der Waals surface area contributed by atoms with Crippen LogP contribution in [0.1, 0.15) is 15.2 Å². The summed E-state index contributed by atoms with van der Waals surface area (Å²) < 4.78 is 5.60. The van der Waals surface area contributed by atoms with Gasteiger partial charge in [-0.1, -0.05) is 11.6 Å². The van der Waals surface area contributed by atoms with Crippen LogP contribution in [0.25, 0.3) is 0 Å². The molecule has 2 heterocycles. The van der Waals surface area contributed by atoms with Gasteiger partial charge in [0.1, 0.15) is 0 Å². The first-order valence-electron chi connectivity index (χ1n) is 4.80. The third-order valence-corrected chi connectivity index (χ3v) is 3.73. The molecule has 0 aromatic carbocycles. The second kappa shape index (κ2) is 5.12. The fraction of sp³-hybridized carbons (Fsp3) is 0.182. The molecule has 90 valence electrons. The highest BCUT2D eigenvalue weighted by atomic mass is 35.5. The molecule has 2 aromatic rings. The molecule has 6 heteroatoms. The molecule has 17 heavy (non-hydrogen) atoms. The Hall–Kier alpha value is -0.970. The number of hydrogen-bond acceptors (Lipinski definition) is 3. The Morgan fingerprint density at radius 2 is 2.18 bits per heavy atom. The molecule has 0 aliphatic carbocycles. The molecule has 2 aromatic heterocycles. The van der Waals surface area contributed by atoms with Crippen LogP contribution in [0.5, 0.6) is 0 Å². The summed E-state index contributed by atoms with van der Waals surface area (Å²) in [7, 11) is 1.71. The maximum Gasteiger partial charge on any atom is 0.258 e. The van der Waals surface area contributed by atoms with Crippen LogP contribution in [0.2, 0.25) is 9.56 Å². The van der Waals surface area contributed by atoms with E-state index in [1.807, 2.05) is 12.1 Å². The Labute approximate surface area is 113 Å². The zero-order valence-corrected chi connectivity index (χ0v) is 11.3. The van der Waals surface area contributed by atoms with Crippen molar-refractivity contribution in [2.24, 2.45) is 0 Å². The van der Waals surface area contributed by atoms with E-state index >= 15 is 0 Å². The van der Waals surface area contributed by atoms with Crippen LogP contribution >= 0.6 is 34.5 Å². The molecule has 0 N–H and O–H groups in total. The van der Waals surface area contributed by atoms with Gasteiger partial charge in [0.15, 0.2) is 0 Å². The van der Waals surface area contributed by atoms with Crippen molar-refractivity contribution >= 4 is 40.4 Å². The topological polar surface area (TPSA) is 33.5 Å². The average Bonchev–Trinajstić information content (AvgIpc) is 2.86. The van der Waals surface area contributed by atoms with Gasteiger partial charge in [-0.3, -0.25) is 4.79 Å². The molecule has 0 fully saturated rings. The molecule has 0 saturated heterocycles. The van der Waals surface area contributed by atoms with E-state index in [9.17, 15) is 4.79 Å². The van der Waals surface area contributed by atoms with Crippen LogP contribution in [-0.2, 0) is 6.54 Å². The summed E-state index contributed by atoms with van der Waals surface area (Å²) >= 11 is 13.0. The number of hydrogen-bond donors (Lipinski definition) is 0. The minimum Gasteiger partial charge on any atom is -0.452 e. The Morgan fingerprint density at radius 3 is 2.71 bits per heavy atom. The molecule has 0 saturated carbocycles. The van der Waals surface area contributed by atoms with E-state index in [4.69, 9.17) is 27.6 Å². The van der Waals surface area contributed by atoms with Crippen molar-refractivity contribution in [1.82, 2.24) is 4.90 Å². The van der Waals surface area contributed by atoms with E-state index in [2.05, 4.69) is 0 Å². The molecule has 0 spiro atoms. The van der Waals surface area contributed by atoms with Gasteiger partial charge in [0, 0.05) is 11.9 Å². The van der Waals surface area contributed by atoms with Gasteiger partial charge in [-0.05, 0) is 29.8 Å². The lowest BCUT2D eigenvalue weighted by Crippen LogP contribution is -2.25. The van der Waals surface area contributed by atoms with E-state index in [1.54, 1.807) is 18.0 Å². The minimum atomic E-state index is -0.173. The summed E-state index contributed by atoms with van der Waals surface area (Å²) in [5.74, 6) is -0.173. The van der Waals surface area contributed by atoms with E-state index in [0.717, 1.165) is 4.88 Å². The monoisotopic (exact) mass is 289 g/mol. The number of carbonyl (C=O) groups excluding carboxylic acids is 1. The zero-order valence-electron chi connectivity index (χ0n) is 8.94.